The molecule has 0 bridgehead atoms. The van der Waals surface area contributed by atoms with Crippen LogP contribution in [-0.4, -0.2) is 17.5 Å². The SMILES string of the molecule is CC1=C(C(=O)NCc2cccs2)C2(CCCCC2)OC1=O. The third kappa shape index (κ3) is 2.62. The Bertz CT molecular complexity index is 583. The fraction of sp³-hybridized carbons (Fsp3) is 0.500. The van der Waals surface area contributed by atoms with Crippen molar-refractivity contribution in [1.82, 2.24) is 5.32 Å². The first-order chi connectivity index (χ1) is 10.1. The minimum absolute atomic E-state index is 0.159. The Morgan fingerprint density at radius 2 is 2.14 bits per heavy atom. The van der Waals surface area contributed by atoms with Crippen LogP contribution in [0, 0.1) is 0 Å². The Labute approximate surface area is 128 Å². The summed E-state index contributed by atoms with van der Waals surface area (Å²) in [5.74, 6) is -0.494. The van der Waals surface area contributed by atoms with Crippen LogP contribution in [0.5, 0.6) is 0 Å². The van der Waals surface area contributed by atoms with Gasteiger partial charge in [-0.25, -0.2) is 4.79 Å². The smallest absolute Gasteiger partial charge is 0.335 e. The topological polar surface area (TPSA) is 55.4 Å². The summed E-state index contributed by atoms with van der Waals surface area (Å²) in [4.78, 5) is 25.6. The maximum absolute atomic E-state index is 12.6. The molecule has 1 spiro atoms. The van der Waals surface area contributed by atoms with Gasteiger partial charge in [0.05, 0.1) is 12.1 Å². The highest BCUT2D eigenvalue weighted by molar-refractivity contribution is 7.09. The van der Waals surface area contributed by atoms with Gasteiger partial charge in [-0.05, 0) is 44.1 Å². The highest BCUT2D eigenvalue weighted by Crippen LogP contribution is 2.43. The fourth-order valence-electron chi connectivity index (χ4n) is 3.27. The first-order valence-corrected chi connectivity index (χ1v) is 8.26. The molecule has 5 heteroatoms. The molecule has 0 aromatic carbocycles. The average molecular weight is 305 g/mol. The van der Waals surface area contributed by atoms with E-state index in [1.807, 2.05) is 17.5 Å². The molecule has 1 aromatic rings. The number of nitrogens with one attached hydrogen (secondary N) is 1. The first kappa shape index (κ1) is 14.3. The maximum Gasteiger partial charge on any atom is 0.335 e. The second-order valence-corrected chi connectivity index (χ2v) is 6.74. The third-order valence-corrected chi connectivity index (χ3v) is 5.19. The summed E-state index contributed by atoms with van der Waals surface area (Å²) in [7, 11) is 0. The largest absolute Gasteiger partial charge is 0.451 e. The fourth-order valence-corrected chi connectivity index (χ4v) is 3.91. The van der Waals surface area contributed by atoms with E-state index in [1.54, 1.807) is 18.3 Å². The lowest BCUT2D eigenvalue weighted by atomic mass is 9.78. The number of carbonyl (C=O) groups is 2. The van der Waals surface area contributed by atoms with E-state index in [1.165, 1.54) is 0 Å². The van der Waals surface area contributed by atoms with Crippen molar-refractivity contribution in [3.05, 3.63) is 33.5 Å². The molecule has 2 heterocycles. The van der Waals surface area contributed by atoms with Gasteiger partial charge in [0.25, 0.3) is 5.91 Å². The Morgan fingerprint density at radius 1 is 1.38 bits per heavy atom. The number of carbonyl (C=O) groups excluding carboxylic acids is 2. The van der Waals surface area contributed by atoms with E-state index < -0.39 is 5.60 Å². The van der Waals surface area contributed by atoms with E-state index in [4.69, 9.17) is 4.74 Å². The summed E-state index contributed by atoms with van der Waals surface area (Å²) in [6.07, 6.45) is 4.67. The molecule has 4 nitrogen and oxygen atoms in total. The third-order valence-electron chi connectivity index (χ3n) is 4.32. The van der Waals surface area contributed by atoms with Crippen molar-refractivity contribution in [3.8, 4) is 0 Å². The number of hydrogen-bond acceptors (Lipinski definition) is 4. The zero-order valence-corrected chi connectivity index (χ0v) is 12.9. The molecule has 1 N–H and O–H groups in total. The molecule has 1 fully saturated rings. The summed E-state index contributed by atoms with van der Waals surface area (Å²) in [5, 5.41) is 4.91. The van der Waals surface area contributed by atoms with Crippen LogP contribution in [-0.2, 0) is 20.9 Å². The number of ether oxygens (including phenoxy) is 1. The van der Waals surface area contributed by atoms with Gasteiger partial charge in [0, 0.05) is 10.5 Å². The van der Waals surface area contributed by atoms with Crippen LogP contribution in [0.15, 0.2) is 28.7 Å². The quantitative estimate of drug-likeness (QED) is 0.874. The molecule has 21 heavy (non-hydrogen) atoms. The molecular weight excluding hydrogens is 286 g/mol. The molecule has 3 rings (SSSR count). The number of thiophene rings is 1. The standard InChI is InChI=1S/C16H19NO3S/c1-11-13(14(18)17-10-12-6-5-9-21-12)16(20-15(11)19)7-3-2-4-8-16/h5-6,9H,2-4,7-8,10H2,1H3,(H,17,18). The van der Waals surface area contributed by atoms with Crippen LogP contribution in [0.2, 0.25) is 0 Å². The Morgan fingerprint density at radius 3 is 2.81 bits per heavy atom. The average Bonchev–Trinajstić information content (AvgIpc) is 3.06. The van der Waals surface area contributed by atoms with Crippen molar-refractivity contribution in [2.24, 2.45) is 0 Å². The van der Waals surface area contributed by atoms with E-state index in [0.717, 1.165) is 37.0 Å². The summed E-state index contributed by atoms with van der Waals surface area (Å²) >= 11 is 1.61. The van der Waals surface area contributed by atoms with Gasteiger partial charge in [-0.1, -0.05) is 12.5 Å². The number of esters is 1. The van der Waals surface area contributed by atoms with Crippen molar-refractivity contribution in [1.29, 1.82) is 0 Å². The van der Waals surface area contributed by atoms with Crippen LogP contribution < -0.4 is 5.32 Å². The lowest BCUT2D eigenvalue weighted by Crippen LogP contribution is -2.41. The highest BCUT2D eigenvalue weighted by Gasteiger charge is 2.49. The predicted octanol–water partition coefficient (Wildman–Crippen LogP) is 2.94. The molecule has 1 saturated carbocycles. The summed E-state index contributed by atoms with van der Waals surface area (Å²) in [5.41, 5.74) is 0.364. The van der Waals surface area contributed by atoms with Gasteiger partial charge in [0.2, 0.25) is 0 Å². The molecule has 1 aliphatic heterocycles. The van der Waals surface area contributed by atoms with Crippen molar-refractivity contribution >= 4 is 23.2 Å². The van der Waals surface area contributed by atoms with Crippen LogP contribution in [0.4, 0.5) is 0 Å². The monoisotopic (exact) mass is 305 g/mol. The van der Waals surface area contributed by atoms with Gasteiger partial charge in [0.15, 0.2) is 0 Å². The molecule has 1 aliphatic carbocycles. The zero-order valence-electron chi connectivity index (χ0n) is 12.1. The van der Waals surface area contributed by atoms with E-state index in [-0.39, 0.29) is 11.9 Å². The van der Waals surface area contributed by atoms with Gasteiger partial charge in [-0.15, -0.1) is 11.3 Å². The summed E-state index contributed by atoms with van der Waals surface area (Å²) in [6.45, 7) is 2.20. The van der Waals surface area contributed by atoms with Crippen LogP contribution >= 0.6 is 11.3 Å². The Balaban J connectivity index is 1.79. The molecule has 0 unspecified atom stereocenters. The van der Waals surface area contributed by atoms with E-state index >= 15 is 0 Å². The van der Waals surface area contributed by atoms with Gasteiger partial charge >= 0.3 is 5.97 Å². The normalized spacial score (nSPS) is 20.7. The van der Waals surface area contributed by atoms with Crippen molar-refractivity contribution in [2.75, 3.05) is 0 Å². The zero-order chi connectivity index (χ0) is 14.9. The van der Waals surface area contributed by atoms with Crippen molar-refractivity contribution in [3.63, 3.8) is 0 Å². The highest BCUT2D eigenvalue weighted by atomic mass is 32.1. The van der Waals surface area contributed by atoms with E-state index in [2.05, 4.69) is 5.32 Å². The van der Waals surface area contributed by atoms with Crippen molar-refractivity contribution in [2.45, 2.75) is 51.2 Å². The van der Waals surface area contributed by atoms with Crippen LogP contribution in [0.25, 0.3) is 0 Å². The van der Waals surface area contributed by atoms with E-state index in [0.29, 0.717) is 17.7 Å². The summed E-state index contributed by atoms with van der Waals surface area (Å²) < 4.78 is 5.60. The molecule has 0 saturated heterocycles. The van der Waals surface area contributed by atoms with Gasteiger partial charge in [0.1, 0.15) is 5.60 Å². The summed E-state index contributed by atoms with van der Waals surface area (Å²) in [6, 6.07) is 3.94. The number of hydrogen-bond donors (Lipinski definition) is 1. The van der Waals surface area contributed by atoms with E-state index in [9.17, 15) is 9.59 Å². The van der Waals surface area contributed by atoms with Gasteiger partial charge in [-0.2, -0.15) is 0 Å². The minimum atomic E-state index is -0.668. The number of amides is 1. The van der Waals surface area contributed by atoms with Gasteiger partial charge in [-0.3, -0.25) is 4.79 Å². The second kappa shape index (κ2) is 5.64. The molecule has 1 aromatic heterocycles. The second-order valence-electron chi connectivity index (χ2n) is 5.71. The lowest BCUT2D eigenvalue weighted by Gasteiger charge is -2.33. The molecule has 0 atom stereocenters. The van der Waals surface area contributed by atoms with Gasteiger partial charge < -0.3 is 10.1 Å². The minimum Gasteiger partial charge on any atom is -0.451 e. The lowest BCUT2D eigenvalue weighted by molar-refractivity contribution is -0.149. The molecule has 2 aliphatic rings. The Kier molecular flexibility index (Phi) is 3.85. The van der Waals surface area contributed by atoms with Crippen LogP contribution in [0.3, 0.4) is 0 Å². The first-order valence-electron chi connectivity index (χ1n) is 7.38. The molecule has 0 radical (unpaired) electrons. The molecular formula is C16H19NO3S. The van der Waals surface area contributed by atoms with Crippen molar-refractivity contribution < 1.29 is 14.3 Å². The van der Waals surface area contributed by atoms with Crippen LogP contribution in [0.1, 0.15) is 43.9 Å². The number of rotatable bonds is 3. The maximum atomic E-state index is 12.6. The predicted molar refractivity (Wildman–Crippen MR) is 80.8 cm³/mol. The Hall–Kier alpha value is -1.62. The molecule has 1 amide bonds. The molecule has 112 valence electrons.